The Balaban J connectivity index is 1.39. The molecule has 1 aromatic heterocycles. The van der Waals surface area contributed by atoms with E-state index in [0.29, 0.717) is 18.7 Å². The molecule has 0 unspecified atom stereocenters. The van der Waals surface area contributed by atoms with Crippen LogP contribution in [0.2, 0.25) is 0 Å². The van der Waals surface area contributed by atoms with Crippen LogP contribution in [0.5, 0.6) is 0 Å². The highest BCUT2D eigenvalue weighted by atomic mass is 16.5. The third-order valence-corrected chi connectivity index (χ3v) is 5.73. The van der Waals surface area contributed by atoms with Crippen molar-refractivity contribution in [3.05, 3.63) is 95.8 Å². The number of anilines is 1. The molecule has 160 valence electrons. The van der Waals surface area contributed by atoms with E-state index in [1.54, 1.807) is 12.4 Å². The predicted molar refractivity (Wildman–Crippen MR) is 123 cm³/mol. The van der Waals surface area contributed by atoms with E-state index in [0.717, 1.165) is 42.5 Å². The second kappa shape index (κ2) is 10.7. The van der Waals surface area contributed by atoms with Crippen molar-refractivity contribution in [1.29, 1.82) is 0 Å². The maximum atomic E-state index is 13.1. The lowest BCUT2D eigenvalue weighted by Gasteiger charge is -2.32. The summed E-state index contributed by atoms with van der Waals surface area (Å²) in [5.41, 5.74) is 3.76. The molecule has 1 fully saturated rings. The lowest BCUT2D eigenvalue weighted by Crippen LogP contribution is -2.46. The molecule has 0 radical (unpaired) electrons. The Morgan fingerprint density at radius 3 is 2.48 bits per heavy atom. The minimum atomic E-state index is -0.0574. The first-order valence-electron chi connectivity index (χ1n) is 11.0. The molecular formula is C26H29N3O2. The zero-order valence-electron chi connectivity index (χ0n) is 17.7. The number of nitrogens with one attached hydrogen (secondary N) is 2. The number of nitrogens with zero attached hydrogens (tertiary/aromatic N) is 1. The summed E-state index contributed by atoms with van der Waals surface area (Å²) in [5, 5.41) is 6.63. The van der Waals surface area contributed by atoms with Gasteiger partial charge in [0.1, 0.15) is 0 Å². The summed E-state index contributed by atoms with van der Waals surface area (Å²) >= 11 is 0. The van der Waals surface area contributed by atoms with Crippen LogP contribution >= 0.6 is 0 Å². The van der Waals surface area contributed by atoms with Crippen molar-refractivity contribution in [3.63, 3.8) is 0 Å². The van der Waals surface area contributed by atoms with Crippen molar-refractivity contribution in [2.45, 2.75) is 51.0 Å². The molecule has 2 N–H and O–H groups in total. The van der Waals surface area contributed by atoms with Gasteiger partial charge in [0, 0.05) is 24.6 Å². The number of benzene rings is 2. The Labute approximate surface area is 183 Å². The highest BCUT2D eigenvalue weighted by Gasteiger charge is 2.28. The Bertz CT molecular complexity index is 963. The molecule has 1 heterocycles. The summed E-state index contributed by atoms with van der Waals surface area (Å²) in [5.74, 6) is -0.0574. The number of ether oxygens (including phenoxy) is 1. The molecule has 1 amide bonds. The molecule has 2 aromatic carbocycles. The van der Waals surface area contributed by atoms with Gasteiger partial charge in [0.2, 0.25) is 0 Å². The van der Waals surface area contributed by atoms with E-state index in [-0.39, 0.29) is 18.1 Å². The first-order chi connectivity index (χ1) is 15.3. The zero-order valence-corrected chi connectivity index (χ0v) is 17.7. The molecule has 2 atom stereocenters. The lowest BCUT2D eigenvalue weighted by atomic mass is 9.92. The number of carbonyl (C=O) groups is 1. The van der Waals surface area contributed by atoms with Crippen LogP contribution in [0, 0.1) is 0 Å². The van der Waals surface area contributed by atoms with Gasteiger partial charge < -0.3 is 15.4 Å². The summed E-state index contributed by atoms with van der Waals surface area (Å²) in [6.07, 6.45) is 7.74. The third-order valence-electron chi connectivity index (χ3n) is 5.73. The quantitative estimate of drug-likeness (QED) is 0.546. The number of pyridine rings is 1. The van der Waals surface area contributed by atoms with Gasteiger partial charge in [-0.15, -0.1) is 0 Å². The Hall–Kier alpha value is -3.18. The van der Waals surface area contributed by atoms with Crippen LogP contribution in [0.3, 0.4) is 0 Å². The van der Waals surface area contributed by atoms with Crippen LogP contribution < -0.4 is 10.6 Å². The largest absolute Gasteiger partial charge is 0.380 e. The van der Waals surface area contributed by atoms with Crippen molar-refractivity contribution in [2.24, 2.45) is 0 Å². The standard InChI is InChI=1S/C26H29N3O2/c30-26(22-10-4-5-11-23(22)28-18-20-14-16-27-17-15-20)29-24-12-6-7-13-25(24)31-19-21-8-2-1-3-9-21/h1-5,8-11,14-17,24-25,28H,6-7,12-13,18-19H2,(H,29,30)/t24-,25-/m1/s1. The molecular weight excluding hydrogens is 386 g/mol. The highest BCUT2D eigenvalue weighted by Crippen LogP contribution is 2.24. The van der Waals surface area contributed by atoms with Gasteiger partial charge in [0.05, 0.1) is 24.3 Å². The number of aromatic nitrogens is 1. The maximum Gasteiger partial charge on any atom is 0.253 e. The Morgan fingerprint density at radius 2 is 1.65 bits per heavy atom. The molecule has 4 rings (SSSR count). The summed E-state index contributed by atoms with van der Waals surface area (Å²) < 4.78 is 6.22. The van der Waals surface area contributed by atoms with Crippen molar-refractivity contribution in [2.75, 3.05) is 5.32 Å². The number of hydrogen-bond donors (Lipinski definition) is 2. The number of hydrogen-bond acceptors (Lipinski definition) is 4. The van der Waals surface area contributed by atoms with Crippen LogP contribution in [-0.4, -0.2) is 23.0 Å². The molecule has 1 aliphatic carbocycles. The summed E-state index contributed by atoms with van der Waals surface area (Å²) in [7, 11) is 0. The second-order valence-electron chi connectivity index (χ2n) is 7.95. The van der Waals surface area contributed by atoms with Gasteiger partial charge in [-0.05, 0) is 48.2 Å². The predicted octanol–water partition coefficient (Wildman–Crippen LogP) is 4.95. The van der Waals surface area contributed by atoms with Gasteiger partial charge in [0.15, 0.2) is 0 Å². The maximum absolute atomic E-state index is 13.1. The second-order valence-corrected chi connectivity index (χ2v) is 7.95. The fraction of sp³-hybridized carbons (Fsp3) is 0.308. The molecule has 5 heteroatoms. The van der Waals surface area contributed by atoms with E-state index in [9.17, 15) is 4.79 Å². The van der Waals surface area contributed by atoms with Gasteiger partial charge in [-0.25, -0.2) is 0 Å². The number of carbonyl (C=O) groups excluding carboxylic acids is 1. The van der Waals surface area contributed by atoms with Gasteiger partial charge in [-0.2, -0.15) is 0 Å². The van der Waals surface area contributed by atoms with Crippen LogP contribution in [0.4, 0.5) is 5.69 Å². The van der Waals surface area contributed by atoms with Gasteiger partial charge in [0.25, 0.3) is 5.91 Å². The first kappa shape index (κ1) is 21.1. The summed E-state index contributed by atoms with van der Waals surface area (Å²) in [6, 6.07) is 21.8. The highest BCUT2D eigenvalue weighted by molar-refractivity contribution is 5.99. The van der Waals surface area contributed by atoms with Crippen LogP contribution in [0.25, 0.3) is 0 Å². The molecule has 1 aliphatic rings. The number of para-hydroxylation sites is 1. The lowest BCUT2D eigenvalue weighted by molar-refractivity contribution is -0.00460. The molecule has 0 aliphatic heterocycles. The van der Waals surface area contributed by atoms with Crippen LogP contribution in [0.1, 0.15) is 47.2 Å². The van der Waals surface area contributed by atoms with Crippen LogP contribution in [0.15, 0.2) is 79.1 Å². The minimum absolute atomic E-state index is 0.0261. The Morgan fingerprint density at radius 1 is 0.903 bits per heavy atom. The molecule has 1 saturated carbocycles. The molecule has 3 aromatic rings. The van der Waals surface area contributed by atoms with E-state index >= 15 is 0 Å². The smallest absolute Gasteiger partial charge is 0.253 e. The summed E-state index contributed by atoms with van der Waals surface area (Å²) in [4.78, 5) is 17.2. The van der Waals surface area contributed by atoms with Crippen molar-refractivity contribution in [3.8, 4) is 0 Å². The Kier molecular flexibility index (Phi) is 7.29. The molecule has 31 heavy (non-hydrogen) atoms. The van der Waals surface area contributed by atoms with Gasteiger partial charge in [-0.1, -0.05) is 55.3 Å². The van der Waals surface area contributed by atoms with Gasteiger partial charge >= 0.3 is 0 Å². The fourth-order valence-electron chi connectivity index (χ4n) is 4.02. The number of amides is 1. The van der Waals surface area contributed by atoms with E-state index in [2.05, 4.69) is 27.8 Å². The topological polar surface area (TPSA) is 63.2 Å². The van der Waals surface area contributed by atoms with Gasteiger partial charge in [-0.3, -0.25) is 9.78 Å². The monoisotopic (exact) mass is 415 g/mol. The van der Waals surface area contributed by atoms with E-state index < -0.39 is 0 Å². The van der Waals surface area contributed by atoms with Crippen molar-refractivity contribution < 1.29 is 9.53 Å². The average Bonchev–Trinajstić information content (AvgIpc) is 2.83. The zero-order chi connectivity index (χ0) is 21.3. The minimum Gasteiger partial charge on any atom is -0.380 e. The molecule has 5 nitrogen and oxygen atoms in total. The van der Waals surface area contributed by atoms with E-state index in [1.165, 1.54) is 0 Å². The van der Waals surface area contributed by atoms with Crippen LogP contribution in [-0.2, 0) is 17.9 Å². The van der Waals surface area contributed by atoms with Crippen molar-refractivity contribution >= 4 is 11.6 Å². The van der Waals surface area contributed by atoms with E-state index in [4.69, 9.17) is 4.74 Å². The molecule has 0 saturated heterocycles. The SMILES string of the molecule is O=C(N[C@@H]1CCCC[C@H]1OCc1ccccc1)c1ccccc1NCc1ccncc1. The molecule has 0 spiro atoms. The van der Waals surface area contributed by atoms with E-state index in [1.807, 2.05) is 54.6 Å². The normalized spacial score (nSPS) is 18.3. The summed E-state index contributed by atoms with van der Waals surface area (Å²) in [6.45, 7) is 1.21. The third kappa shape index (κ3) is 5.92. The number of rotatable bonds is 8. The average molecular weight is 416 g/mol. The van der Waals surface area contributed by atoms with Crippen molar-refractivity contribution in [1.82, 2.24) is 10.3 Å². The molecule has 0 bridgehead atoms. The fourth-order valence-corrected chi connectivity index (χ4v) is 4.02. The first-order valence-corrected chi connectivity index (χ1v) is 11.0.